The number of hydrazone groups is 1. The standard InChI is InChI=1S/C11H12N4O6/c1-3-21-11(16)7(2)12-13-9-5-4-8(14(17)18)6-10(9)15(19)20/h4-6,13H,3H2,1-2H3/b12-7+. The van der Waals surface area contributed by atoms with Crippen molar-refractivity contribution >= 4 is 28.7 Å². The summed E-state index contributed by atoms with van der Waals surface area (Å²) < 4.78 is 4.69. The number of hydrogen-bond donors (Lipinski definition) is 1. The Morgan fingerprint density at radius 2 is 2.00 bits per heavy atom. The van der Waals surface area contributed by atoms with Crippen molar-refractivity contribution in [2.45, 2.75) is 13.8 Å². The van der Waals surface area contributed by atoms with Crippen molar-refractivity contribution in [2.75, 3.05) is 12.0 Å². The lowest BCUT2D eigenvalue weighted by molar-refractivity contribution is -0.393. The van der Waals surface area contributed by atoms with Crippen molar-refractivity contribution in [1.82, 2.24) is 0 Å². The van der Waals surface area contributed by atoms with Gasteiger partial charge in [0.05, 0.1) is 22.5 Å². The maximum absolute atomic E-state index is 11.3. The van der Waals surface area contributed by atoms with Crippen molar-refractivity contribution in [2.24, 2.45) is 5.10 Å². The molecule has 0 aromatic heterocycles. The second-order valence-corrected chi connectivity index (χ2v) is 3.75. The molecule has 1 aromatic rings. The first-order valence-electron chi connectivity index (χ1n) is 5.77. The Bertz CT molecular complexity index is 613. The molecular formula is C11H12N4O6. The molecule has 0 spiro atoms. The van der Waals surface area contributed by atoms with Crippen LogP contribution in [0.1, 0.15) is 13.8 Å². The molecule has 10 nitrogen and oxygen atoms in total. The van der Waals surface area contributed by atoms with Gasteiger partial charge in [-0.1, -0.05) is 0 Å². The zero-order valence-corrected chi connectivity index (χ0v) is 11.2. The Morgan fingerprint density at radius 1 is 1.33 bits per heavy atom. The van der Waals surface area contributed by atoms with Crippen LogP contribution in [-0.2, 0) is 9.53 Å². The summed E-state index contributed by atoms with van der Waals surface area (Å²) in [5.74, 6) is -0.672. The molecule has 10 heteroatoms. The first-order chi connectivity index (χ1) is 9.86. The number of carbonyl (C=O) groups excluding carboxylic acids is 1. The maximum atomic E-state index is 11.3. The summed E-state index contributed by atoms with van der Waals surface area (Å²) in [6, 6.07) is 3.03. The van der Waals surface area contributed by atoms with Crippen molar-refractivity contribution in [3.05, 3.63) is 38.4 Å². The van der Waals surface area contributed by atoms with Gasteiger partial charge in [0.2, 0.25) is 0 Å². The van der Waals surface area contributed by atoms with Gasteiger partial charge in [-0.15, -0.1) is 0 Å². The summed E-state index contributed by atoms with van der Waals surface area (Å²) in [5, 5.41) is 25.1. The van der Waals surface area contributed by atoms with Crippen LogP contribution < -0.4 is 5.43 Å². The van der Waals surface area contributed by atoms with Crippen molar-refractivity contribution in [1.29, 1.82) is 0 Å². The smallest absolute Gasteiger partial charge is 0.354 e. The van der Waals surface area contributed by atoms with E-state index in [1.165, 1.54) is 6.92 Å². The maximum Gasteiger partial charge on any atom is 0.354 e. The first-order valence-corrected chi connectivity index (χ1v) is 5.77. The second kappa shape index (κ2) is 6.93. The summed E-state index contributed by atoms with van der Waals surface area (Å²) in [7, 11) is 0. The quantitative estimate of drug-likeness (QED) is 0.366. The Balaban J connectivity index is 3.03. The van der Waals surface area contributed by atoms with Crippen LogP contribution in [0.25, 0.3) is 0 Å². The van der Waals surface area contributed by atoms with Crippen LogP contribution in [0.2, 0.25) is 0 Å². The van der Waals surface area contributed by atoms with Crippen molar-refractivity contribution in [3.63, 3.8) is 0 Å². The van der Waals surface area contributed by atoms with Crippen LogP contribution in [0.5, 0.6) is 0 Å². The molecule has 1 aromatic carbocycles. The fourth-order valence-corrected chi connectivity index (χ4v) is 1.30. The molecule has 0 unspecified atom stereocenters. The molecule has 21 heavy (non-hydrogen) atoms. The summed E-state index contributed by atoms with van der Waals surface area (Å²) in [5.41, 5.74) is 1.27. The highest BCUT2D eigenvalue weighted by atomic mass is 16.6. The molecule has 1 N–H and O–H groups in total. The molecular weight excluding hydrogens is 284 g/mol. The van der Waals surface area contributed by atoms with Crippen LogP contribution in [0.3, 0.4) is 0 Å². The van der Waals surface area contributed by atoms with Gasteiger partial charge < -0.3 is 4.74 Å². The average Bonchev–Trinajstić information content (AvgIpc) is 2.44. The van der Waals surface area contributed by atoms with E-state index < -0.39 is 27.2 Å². The van der Waals surface area contributed by atoms with Gasteiger partial charge in [-0.05, 0) is 19.9 Å². The molecule has 0 saturated carbocycles. The van der Waals surface area contributed by atoms with Crippen LogP contribution in [0.15, 0.2) is 23.3 Å². The van der Waals surface area contributed by atoms with Crippen LogP contribution in [0, 0.1) is 20.2 Å². The first kappa shape index (κ1) is 16.0. The van der Waals surface area contributed by atoms with E-state index in [9.17, 15) is 25.0 Å². The molecule has 112 valence electrons. The minimum atomic E-state index is -0.787. The number of nitro groups is 2. The van der Waals surface area contributed by atoms with Gasteiger partial charge in [0.25, 0.3) is 5.69 Å². The molecule has 1 rings (SSSR count). The zero-order chi connectivity index (χ0) is 16.0. The van der Waals surface area contributed by atoms with E-state index in [1.807, 2.05) is 0 Å². The number of non-ortho nitro benzene ring substituents is 1. The predicted molar refractivity (Wildman–Crippen MR) is 73.1 cm³/mol. The van der Waals surface area contributed by atoms with E-state index in [-0.39, 0.29) is 18.0 Å². The fourth-order valence-electron chi connectivity index (χ4n) is 1.30. The van der Waals surface area contributed by atoms with Gasteiger partial charge in [-0.25, -0.2) is 4.79 Å². The number of rotatable bonds is 6. The summed E-state index contributed by atoms with van der Waals surface area (Å²) in [6.45, 7) is 3.16. The minimum Gasteiger partial charge on any atom is -0.461 e. The number of hydrogen-bond acceptors (Lipinski definition) is 8. The van der Waals surface area contributed by atoms with Crippen LogP contribution >= 0.6 is 0 Å². The van der Waals surface area contributed by atoms with Crippen LogP contribution in [0.4, 0.5) is 17.1 Å². The molecule has 0 heterocycles. The molecule has 0 aliphatic rings. The highest BCUT2D eigenvalue weighted by molar-refractivity contribution is 6.35. The number of nitrogens with zero attached hydrogens (tertiary/aromatic N) is 3. The molecule has 0 fully saturated rings. The van der Waals surface area contributed by atoms with E-state index >= 15 is 0 Å². The normalized spacial score (nSPS) is 10.9. The lowest BCUT2D eigenvalue weighted by atomic mass is 10.2. The van der Waals surface area contributed by atoms with Crippen molar-refractivity contribution in [3.8, 4) is 0 Å². The van der Waals surface area contributed by atoms with Gasteiger partial charge in [-0.2, -0.15) is 5.10 Å². The minimum absolute atomic E-state index is 0.0375. The number of benzene rings is 1. The number of nitro benzene ring substituents is 2. The summed E-state index contributed by atoms with van der Waals surface area (Å²) >= 11 is 0. The third kappa shape index (κ3) is 4.23. The van der Waals surface area contributed by atoms with Crippen LogP contribution in [-0.4, -0.2) is 28.1 Å². The molecule has 0 atom stereocenters. The van der Waals surface area contributed by atoms with Gasteiger partial charge in [0.15, 0.2) is 0 Å². The lowest BCUT2D eigenvalue weighted by Gasteiger charge is -2.04. The van der Waals surface area contributed by atoms with Crippen molar-refractivity contribution < 1.29 is 19.4 Å². The Hall–Kier alpha value is -3.04. The molecule has 0 radical (unpaired) electrons. The molecule has 0 bridgehead atoms. The monoisotopic (exact) mass is 296 g/mol. The number of carbonyl (C=O) groups is 1. The Kier molecular flexibility index (Phi) is 5.29. The number of ether oxygens (including phenoxy) is 1. The Labute approximate surface area is 118 Å². The van der Waals surface area contributed by atoms with E-state index in [2.05, 4.69) is 15.3 Å². The predicted octanol–water partition coefficient (Wildman–Crippen LogP) is 1.85. The molecule has 0 saturated heterocycles. The highest BCUT2D eigenvalue weighted by Crippen LogP contribution is 2.28. The molecule has 0 aliphatic carbocycles. The summed E-state index contributed by atoms with van der Waals surface area (Å²) in [4.78, 5) is 31.2. The molecule has 0 aliphatic heterocycles. The largest absolute Gasteiger partial charge is 0.461 e. The fraction of sp³-hybridized carbons (Fsp3) is 0.273. The van der Waals surface area contributed by atoms with Gasteiger partial charge in [0, 0.05) is 6.07 Å². The average molecular weight is 296 g/mol. The number of nitrogens with one attached hydrogen (secondary N) is 1. The SMILES string of the molecule is CCOC(=O)/C(C)=N/Nc1ccc([N+](=O)[O-])cc1[N+](=O)[O-]. The second-order valence-electron chi connectivity index (χ2n) is 3.75. The van der Waals surface area contributed by atoms with Gasteiger partial charge >= 0.3 is 11.7 Å². The summed E-state index contributed by atoms with van der Waals surface area (Å²) in [6.07, 6.45) is 0. The van der Waals surface area contributed by atoms with E-state index in [0.717, 1.165) is 18.2 Å². The third-order valence-electron chi connectivity index (χ3n) is 2.30. The van der Waals surface area contributed by atoms with E-state index in [4.69, 9.17) is 0 Å². The van der Waals surface area contributed by atoms with E-state index in [1.54, 1.807) is 6.92 Å². The third-order valence-corrected chi connectivity index (χ3v) is 2.30. The number of anilines is 1. The van der Waals surface area contributed by atoms with Gasteiger partial charge in [0.1, 0.15) is 11.4 Å². The number of esters is 1. The topological polar surface area (TPSA) is 137 Å². The molecule has 0 amide bonds. The zero-order valence-electron chi connectivity index (χ0n) is 11.2. The Morgan fingerprint density at radius 3 is 2.52 bits per heavy atom. The lowest BCUT2D eigenvalue weighted by Crippen LogP contribution is -2.15. The highest BCUT2D eigenvalue weighted by Gasteiger charge is 2.19. The van der Waals surface area contributed by atoms with E-state index in [0.29, 0.717) is 0 Å². The van der Waals surface area contributed by atoms with Gasteiger partial charge in [-0.3, -0.25) is 25.7 Å².